The number of amides is 1. The Morgan fingerprint density at radius 3 is 2.57 bits per heavy atom. The summed E-state index contributed by atoms with van der Waals surface area (Å²) in [6.45, 7) is 5.71. The smallest absolute Gasteiger partial charge is 0.408 e. The van der Waals surface area contributed by atoms with Crippen LogP contribution in [0.2, 0.25) is 0 Å². The number of nitrogens with zero attached hydrogens (tertiary/aromatic N) is 1. The number of nitrogens with one attached hydrogen (secondary N) is 1. The van der Waals surface area contributed by atoms with Gasteiger partial charge in [-0.1, -0.05) is 49.3 Å². The zero-order chi connectivity index (χ0) is 16.8. The van der Waals surface area contributed by atoms with Crippen LogP contribution in [0.25, 0.3) is 0 Å². The van der Waals surface area contributed by atoms with E-state index in [-0.39, 0.29) is 18.6 Å². The molecule has 2 N–H and O–H groups in total. The van der Waals surface area contributed by atoms with Gasteiger partial charge in [-0.2, -0.15) is 0 Å². The van der Waals surface area contributed by atoms with E-state index in [1.54, 1.807) is 13.0 Å². The Bertz CT molecular complexity index is 623. The number of rotatable bonds is 6. The molecular formula is C17H22N2O4. The third kappa shape index (κ3) is 4.82. The fourth-order valence-corrected chi connectivity index (χ4v) is 2.12. The van der Waals surface area contributed by atoms with Gasteiger partial charge in [-0.25, -0.2) is 4.79 Å². The molecule has 0 aliphatic carbocycles. The van der Waals surface area contributed by atoms with E-state index in [0.717, 1.165) is 5.56 Å². The molecule has 2 aromatic rings. The van der Waals surface area contributed by atoms with Crippen LogP contribution in [-0.2, 0) is 11.3 Å². The topological polar surface area (TPSA) is 84.6 Å². The molecule has 1 amide bonds. The van der Waals surface area contributed by atoms with Gasteiger partial charge in [-0.3, -0.25) is 0 Å². The average Bonchev–Trinajstić information content (AvgIpc) is 3.01. The van der Waals surface area contributed by atoms with E-state index in [4.69, 9.17) is 9.26 Å². The lowest BCUT2D eigenvalue weighted by Gasteiger charge is -2.19. The first-order chi connectivity index (χ1) is 11.0. The molecule has 6 nitrogen and oxygen atoms in total. The minimum absolute atomic E-state index is 0.0891. The molecule has 0 saturated carbocycles. The van der Waals surface area contributed by atoms with Crippen molar-refractivity contribution in [2.75, 3.05) is 0 Å². The van der Waals surface area contributed by atoms with E-state index in [2.05, 4.69) is 10.5 Å². The van der Waals surface area contributed by atoms with E-state index in [0.29, 0.717) is 11.5 Å². The molecule has 1 unspecified atom stereocenters. The van der Waals surface area contributed by atoms with Crippen molar-refractivity contribution < 1.29 is 19.2 Å². The molecule has 0 saturated heterocycles. The normalized spacial score (nSPS) is 13.6. The lowest BCUT2D eigenvalue weighted by atomic mass is 10.0. The lowest BCUT2D eigenvalue weighted by molar-refractivity contribution is 0.132. The molecule has 124 valence electrons. The summed E-state index contributed by atoms with van der Waals surface area (Å²) in [5.74, 6) is 0.455. The summed E-state index contributed by atoms with van der Waals surface area (Å²) >= 11 is 0. The number of aliphatic hydroxyl groups is 1. The van der Waals surface area contributed by atoms with Gasteiger partial charge in [-0.05, 0) is 18.4 Å². The summed E-state index contributed by atoms with van der Waals surface area (Å²) in [4.78, 5) is 12.0. The second-order valence-electron chi connectivity index (χ2n) is 5.76. The van der Waals surface area contributed by atoms with E-state index in [9.17, 15) is 9.90 Å². The van der Waals surface area contributed by atoms with Gasteiger partial charge in [0, 0.05) is 6.07 Å². The molecule has 1 heterocycles. The van der Waals surface area contributed by atoms with Gasteiger partial charge < -0.3 is 19.7 Å². The van der Waals surface area contributed by atoms with Crippen LogP contribution in [0.5, 0.6) is 0 Å². The zero-order valence-corrected chi connectivity index (χ0v) is 13.5. The second-order valence-corrected chi connectivity index (χ2v) is 5.76. The fourth-order valence-electron chi connectivity index (χ4n) is 2.12. The molecule has 2 atom stereocenters. The second kappa shape index (κ2) is 7.78. The molecule has 0 radical (unpaired) electrons. The lowest BCUT2D eigenvalue weighted by Crippen LogP contribution is -2.32. The van der Waals surface area contributed by atoms with E-state index in [1.807, 2.05) is 44.2 Å². The first-order valence-corrected chi connectivity index (χ1v) is 7.59. The zero-order valence-electron chi connectivity index (χ0n) is 13.5. The van der Waals surface area contributed by atoms with Crippen LogP contribution in [0.15, 0.2) is 40.9 Å². The Morgan fingerprint density at radius 2 is 2.00 bits per heavy atom. The molecule has 1 aromatic heterocycles. The molecule has 1 aromatic carbocycles. The number of alkyl carbamates (subject to hydrolysis) is 1. The molecule has 6 heteroatoms. The SMILES string of the molecule is CC(O)c1cc([C@@H](NC(=O)OCc2ccccc2)C(C)C)no1. The van der Waals surface area contributed by atoms with Crippen LogP contribution < -0.4 is 5.32 Å². The third-order valence-electron chi connectivity index (χ3n) is 3.43. The maximum absolute atomic E-state index is 12.0. The van der Waals surface area contributed by atoms with Crippen LogP contribution in [-0.4, -0.2) is 16.4 Å². The molecule has 0 aliphatic heterocycles. The highest BCUT2D eigenvalue weighted by molar-refractivity contribution is 5.67. The van der Waals surface area contributed by atoms with Crippen LogP contribution in [0.3, 0.4) is 0 Å². The van der Waals surface area contributed by atoms with E-state index in [1.165, 1.54) is 0 Å². The van der Waals surface area contributed by atoms with Gasteiger partial charge in [-0.15, -0.1) is 0 Å². The van der Waals surface area contributed by atoms with Gasteiger partial charge in [0.25, 0.3) is 0 Å². The molecule has 0 bridgehead atoms. The highest BCUT2D eigenvalue weighted by Gasteiger charge is 2.23. The largest absolute Gasteiger partial charge is 0.445 e. The minimum atomic E-state index is -0.742. The van der Waals surface area contributed by atoms with Crippen molar-refractivity contribution in [2.45, 2.75) is 39.5 Å². The Hall–Kier alpha value is -2.34. The first-order valence-electron chi connectivity index (χ1n) is 7.59. The highest BCUT2D eigenvalue weighted by atomic mass is 16.5. The molecular weight excluding hydrogens is 296 g/mol. The predicted molar refractivity (Wildman–Crippen MR) is 84.5 cm³/mol. The number of hydrogen-bond acceptors (Lipinski definition) is 5. The van der Waals surface area contributed by atoms with Crippen molar-refractivity contribution in [3.8, 4) is 0 Å². The Morgan fingerprint density at radius 1 is 1.30 bits per heavy atom. The third-order valence-corrected chi connectivity index (χ3v) is 3.43. The highest BCUT2D eigenvalue weighted by Crippen LogP contribution is 2.24. The van der Waals surface area contributed by atoms with Crippen molar-refractivity contribution >= 4 is 6.09 Å². The number of aromatic nitrogens is 1. The van der Waals surface area contributed by atoms with Crippen molar-refractivity contribution in [3.63, 3.8) is 0 Å². The number of ether oxygens (including phenoxy) is 1. The Balaban J connectivity index is 1.97. The quantitative estimate of drug-likeness (QED) is 0.853. The van der Waals surface area contributed by atoms with Gasteiger partial charge >= 0.3 is 6.09 Å². The first kappa shape index (κ1) is 17.0. The number of carbonyl (C=O) groups excluding carboxylic acids is 1. The summed E-state index contributed by atoms with van der Waals surface area (Å²) in [6, 6.07) is 10.8. The van der Waals surface area contributed by atoms with Gasteiger partial charge in [0.15, 0.2) is 5.76 Å². The summed E-state index contributed by atoms with van der Waals surface area (Å²) in [5.41, 5.74) is 1.48. The maximum Gasteiger partial charge on any atom is 0.408 e. The fraction of sp³-hybridized carbons (Fsp3) is 0.412. The number of hydrogen-bond donors (Lipinski definition) is 2. The van der Waals surface area contributed by atoms with Crippen molar-refractivity contribution in [1.29, 1.82) is 0 Å². The Kier molecular flexibility index (Phi) is 5.76. The molecule has 23 heavy (non-hydrogen) atoms. The number of benzene rings is 1. The van der Waals surface area contributed by atoms with Gasteiger partial charge in [0.1, 0.15) is 18.4 Å². The maximum atomic E-state index is 12.0. The summed E-state index contributed by atoms with van der Waals surface area (Å²) in [5, 5.41) is 16.2. The number of carbonyl (C=O) groups is 1. The van der Waals surface area contributed by atoms with Gasteiger partial charge in [0.2, 0.25) is 0 Å². The summed E-state index contributed by atoms with van der Waals surface area (Å²) < 4.78 is 10.3. The van der Waals surface area contributed by atoms with Crippen LogP contribution in [0.1, 0.15) is 49.9 Å². The summed E-state index contributed by atoms with van der Waals surface area (Å²) in [6.07, 6.45) is -1.26. The molecule has 2 rings (SSSR count). The van der Waals surface area contributed by atoms with Crippen LogP contribution in [0, 0.1) is 5.92 Å². The predicted octanol–water partition coefficient (Wildman–Crippen LogP) is 3.35. The Labute approximate surface area is 135 Å². The van der Waals surface area contributed by atoms with E-state index < -0.39 is 12.2 Å². The standard InChI is InChI=1S/C17H22N2O4/c1-11(2)16(14-9-15(12(3)20)23-19-14)18-17(21)22-10-13-7-5-4-6-8-13/h4-9,11-12,16,20H,10H2,1-3H3,(H,18,21)/t12?,16-/m0/s1. The van der Waals surface area contributed by atoms with E-state index >= 15 is 0 Å². The minimum Gasteiger partial charge on any atom is -0.445 e. The van der Waals surface area contributed by atoms with Crippen molar-refractivity contribution in [3.05, 3.63) is 53.4 Å². The van der Waals surface area contributed by atoms with Crippen molar-refractivity contribution in [2.24, 2.45) is 5.92 Å². The number of aliphatic hydroxyl groups excluding tert-OH is 1. The van der Waals surface area contributed by atoms with Crippen LogP contribution in [0.4, 0.5) is 4.79 Å². The molecule has 0 fully saturated rings. The average molecular weight is 318 g/mol. The summed E-state index contributed by atoms with van der Waals surface area (Å²) in [7, 11) is 0. The monoisotopic (exact) mass is 318 g/mol. The van der Waals surface area contributed by atoms with Crippen molar-refractivity contribution in [1.82, 2.24) is 10.5 Å². The van der Waals surface area contributed by atoms with Gasteiger partial charge in [0.05, 0.1) is 6.04 Å². The molecule has 0 aliphatic rings. The molecule has 0 spiro atoms. The van der Waals surface area contributed by atoms with Crippen LogP contribution >= 0.6 is 0 Å².